The fourth-order valence-corrected chi connectivity index (χ4v) is 1.05. The fourth-order valence-electron chi connectivity index (χ4n) is 1.05. The predicted molar refractivity (Wildman–Crippen MR) is 33.4 cm³/mol. The van der Waals surface area contributed by atoms with Gasteiger partial charge in [0.25, 0.3) is 0 Å². The molecule has 1 saturated heterocycles. The monoisotopic (exact) mass is 148 g/mol. The first kappa shape index (κ1) is 7.94. The maximum absolute atomic E-state index is 9.09. The number of aliphatic hydroxyl groups is 3. The molecule has 0 aliphatic carbocycles. The Morgan fingerprint density at radius 1 is 1.50 bits per heavy atom. The van der Waals surface area contributed by atoms with Crippen LogP contribution < -0.4 is 0 Å². The lowest BCUT2D eigenvalue weighted by molar-refractivity contribution is -0.0429. The van der Waals surface area contributed by atoms with E-state index in [4.69, 9.17) is 20.1 Å². The molecule has 0 amide bonds. The van der Waals surface area contributed by atoms with E-state index in [1.807, 2.05) is 0 Å². The Hall–Kier alpha value is -0.160. The van der Waals surface area contributed by atoms with Gasteiger partial charge in [-0.2, -0.15) is 0 Å². The summed E-state index contributed by atoms with van der Waals surface area (Å²) < 4.78 is 4.89. The quantitative estimate of drug-likeness (QED) is 0.422. The zero-order valence-electron chi connectivity index (χ0n) is 5.77. The predicted octanol–water partition coefficient (Wildman–Crippen LogP) is -1.51. The lowest BCUT2D eigenvalue weighted by Crippen LogP contribution is -2.36. The smallest absolute Gasteiger partial charge is 0.112 e. The Morgan fingerprint density at radius 2 is 2.10 bits per heavy atom. The minimum absolute atomic E-state index is 0.108. The summed E-state index contributed by atoms with van der Waals surface area (Å²) in [4.78, 5) is 0. The Labute approximate surface area is 59.1 Å². The third-order valence-electron chi connectivity index (χ3n) is 1.67. The Morgan fingerprint density at radius 3 is 2.30 bits per heavy atom. The second-order valence-corrected chi connectivity index (χ2v) is 2.60. The van der Waals surface area contributed by atoms with Gasteiger partial charge in [0.15, 0.2) is 0 Å². The molecule has 1 rings (SSSR count). The molecule has 1 aliphatic heterocycles. The molecule has 3 N–H and O–H groups in total. The average molecular weight is 148 g/mol. The molecule has 0 bridgehead atoms. The van der Waals surface area contributed by atoms with Crippen molar-refractivity contribution in [1.29, 1.82) is 0 Å². The molecule has 0 unspecified atom stereocenters. The molecule has 0 saturated carbocycles. The van der Waals surface area contributed by atoms with E-state index >= 15 is 0 Å². The molecule has 4 atom stereocenters. The van der Waals surface area contributed by atoms with Gasteiger partial charge in [0, 0.05) is 0 Å². The van der Waals surface area contributed by atoms with Crippen LogP contribution in [-0.4, -0.2) is 46.3 Å². The van der Waals surface area contributed by atoms with Crippen LogP contribution >= 0.6 is 0 Å². The summed E-state index contributed by atoms with van der Waals surface area (Å²) >= 11 is 0. The van der Waals surface area contributed by atoms with Crippen molar-refractivity contribution in [3.8, 4) is 0 Å². The average Bonchev–Trinajstić information content (AvgIpc) is 2.14. The highest BCUT2D eigenvalue weighted by Crippen LogP contribution is 2.16. The van der Waals surface area contributed by atoms with Crippen molar-refractivity contribution in [3.63, 3.8) is 0 Å². The van der Waals surface area contributed by atoms with Crippen LogP contribution in [0.2, 0.25) is 0 Å². The Bertz CT molecular complexity index is 114. The molecule has 0 spiro atoms. The molecule has 1 heterocycles. The van der Waals surface area contributed by atoms with E-state index in [-0.39, 0.29) is 6.61 Å². The van der Waals surface area contributed by atoms with Gasteiger partial charge >= 0.3 is 0 Å². The molecular formula is C6H12O4. The van der Waals surface area contributed by atoms with Gasteiger partial charge in [-0.05, 0) is 6.92 Å². The van der Waals surface area contributed by atoms with E-state index in [9.17, 15) is 0 Å². The second-order valence-electron chi connectivity index (χ2n) is 2.60. The van der Waals surface area contributed by atoms with Crippen LogP contribution in [0.15, 0.2) is 0 Å². The summed E-state index contributed by atoms with van der Waals surface area (Å²) in [5.41, 5.74) is 0. The molecule has 1 fully saturated rings. The van der Waals surface area contributed by atoms with Crippen LogP contribution in [0.25, 0.3) is 0 Å². The summed E-state index contributed by atoms with van der Waals surface area (Å²) in [6.45, 7) is 1.63. The summed E-state index contributed by atoms with van der Waals surface area (Å²) in [6.07, 6.45) is -3.15. The number of hydrogen-bond acceptors (Lipinski definition) is 4. The summed E-state index contributed by atoms with van der Waals surface area (Å²) in [5, 5.41) is 27.0. The van der Waals surface area contributed by atoms with Crippen molar-refractivity contribution in [2.75, 3.05) is 6.61 Å². The highest BCUT2D eigenvalue weighted by molar-refractivity contribution is 4.85. The number of rotatable bonds is 1. The van der Waals surface area contributed by atoms with Crippen molar-refractivity contribution < 1.29 is 20.1 Å². The molecule has 0 aromatic heterocycles. The van der Waals surface area contributed by atoms with Crippen molar-refractivity contribution in [2.45, 2.75) is 31.3 Å². The van der Waals surface area contributed by atoms with Gasteiger partial charge in [0.2, 0.25) is 0 Å². The van der Waals surface area contributed by atoms with Crippen LogP contribution in [0.4, 0.5) is 0 Å². The minimum atomic E-state index is -0.944. The SMILES string of the molecule is C[C@H](O)[C@@H]1OC[C@@H](O)[C@@H]1O. The van der Waals surface area contributed by atoms with Crippen molar-refractivity contribution >= 4 is 0 Å². The topological polar surface area (TPSA) is 69.9 Å². The molecule has 4 heteroatoms. The molecule has 10 heavy (non-hydrogen) atoms. The standard InChI is InChI=1S/C6H12O4/c1-3(7)6-5(9)4(8)2-10-6/h3-9H,2H2,1H3/t3-,4+,5-,6-/m0/s1. The first-order valence-corrected chi connectivity index (χ1v) is 3.28. The zero-order valence-corrected chi connectivity index (χ0v) is 5.77. The van der Waals surface area contributed by atoms with Crippen LogP contribution in [0, 0.1) is 0 Å². The number of aliphatic hydroxyl groups excluding tert-OH is 3. The van der Waals surface area contributed by atoms with Crippen LogP contribution in [-0.2, 0) is 4.74 Å². The molecule has 4 nitrogen and oxygen atoms in total. The first-order chi connectivity index (χ1) is 4.63. The van der Waals surface area contributed by atoms with E-state index in [1.54, 1.807) is 0 Å². The van der Waals surface area contributed by atoms with E-state index in [0.29, 0.717) is 0 Å². The molecule has 0 aromatic carbocycles. The van der Waals surface area contributed by atoms with E-state index in [1.165, 1.54) is 6.92 Å². The van der Waals surface area contributed by atoms with Crippen LogP contribution in [0.1, 0.15) is 6.92 Å². The minimum Gasteiger partial charge on any atom is -0.391 e. The molecular weight excluding hydrogens is 136 g/mol. The van der Waals surface area contributed by atoms with Gasteiger partial charge < -0.3 is 20.1 Å². The van der Waals surface area contributed by atoms with Crippen molar-refractivity contribution in [2.24, 2.45) is 0 Å². The Balaban J connectivity index is 2.49. The third kappa shape index (κ3) is 1.29. The number of hydrogen-bond donors (Lipinski definition) is 3. The van der Waals surface area contributed by atoms with Gasteiger partial charge in [-0.15, -0.1) is 0 Å². The molecule has 1 aliphatic rings. The first-order valence-electron chi connectivity index (χ1n) is 3.28. The zero-order chi connectivity index (χ0) is 7.72. The van der Waals surface area contributed by atoms with Gasteiger partial charge in [-0.3, -0.25) is 0 Å². The van der Waals surface area contributed by atoms with Crippen LogP contribution in [0.3, 0.4) is 0 Å². The highest BCUT2D eigenvalue weighted by atomic mass is 16.5. The van der Waals surface area contributed by atoms with Gasteiger partial charge in [0.1, 0.15) is 18.3 Å². The number of ether oxygens (including phenoxy) is 1. The fraction of sp³-hybridized carbons (Fsp3) is 1.00. The van der Waals surface area contributed by atoms with Crippen LogP contribution in [0.5, 0.6) is 0 Å². The molecule has 0 aromatic rings. The summed E-state index contributed by atoms with van der Waals surface area (Å²) in [7, 11) is 0. The molecule has 60 valence electrons. The largest absolute Gasteiger partial charge is 0.391 e. The third-order valence-corrected chi connectivity index (χ3v) is 1.67. The van der Waals surface area contributed by atoms with Gasteiger partial charge in [-0.25, -0.2) is 0 Å². The van der Waals surface area contributed by atoms with Gasteiger partial charge in [-0.1, -0.05) is 0 Å². The summed E-state index contributed by atoms with van der Waals surface area (Å²) in [6, 6.07) is 0. The second kappa shape index (κ2) is 2.84. The maximum atomic E-state index is 9.09. The van der Waals surface area contributed by atoms with E-state index in [0.717, 1.165) is 0 Å². The maximum Gasteiger partial charge on any atom is 0.112 e. The van der Waals surface area contributed by atoms with E-state index < -0.39 is 24.4 Å². The van der Waals surface area contributed by atoms with E-state index in [2.05, 4.69) is 0 Å². The lowest BCUT2D eigenvalue weighted by Gasteiger charge is -2.16. The lowest BCUT2D eigenvalue weighted by atomic mass is 10.1. The summed E-state index contributed by atoms with van der Waals surface area (Å²) in [5.74, 6) is 0. The normalized spacial score (nSPS) is 43.8. The Kier molecular flexibility index (Phi) is 2.25. The van der Waals surface area contributed by atoms with Crippen molar-refractivity contribution in [3.05, 3.63) is 0 Å². The van der Waals surface area contributed by atoms with Crippen molar-refractivity contribution in [1.82, 2.24) is 0 Å². The van der Waals surface area contributed by atoms with Gasteiger partial charge in [0.05, 0.1) is 12.7 Å². The highest BCUT2D eigenvalue weighted by Gasteiger charge is 2.37. The molecule has 0 radical (unpaired) electrons.